The van der Waals surface area contributed by atoms with Gasteiger partial charge >= 0.3 is 0 Å². The number of halogens is 1. The average molecular weight is 258 g/mol. The maximum Gasteiger partial charge on any atom is 0.231 e. The number of aromatic nitrogens is 3. The van der Waals surface area contributed by atoms with Gasteiger partial charge in [0.05, 0.1) is 6.61 Å². The lowest BCUT2D eigenvalue weighted by Gasteiger charge is -2.16. The maximum absolute atomic E-state index is 5.85. The molecule has 7 heteroatoms. The highest BCUT2D eigenvalue weighted by Crippen LogP contribution is 2.22. The van der Waals surface area contributed by atoms with Gasteiger partial charge in [0.25, 0.3) is 0 Å². The molecule has 0 amide bonds. The van der Waals surface area contributed by atoms with Crippen molar-refractivity contribution in [1.82, 2.24) is 15.0 Å². The topological polar surface area (TPSA) is 63.2 Å². The van der Waals surface area contributed by atoms with Gasteiger partial charge < -0.3 is 15.0 Å². The Kier molecular flexibility index (Phi) is 3.96. The van der Waals surface area contributed by atoms with Crippen molar-refractivity contribution in [3.05, 3.63) is 5.28 Å². The number of hydrogen-bond acceptors (Lipinski definition) is 6. The van der Waals surface area contributed by atoms with E-state index in [2.05, 4.69) is 25.2 Å². The van der Waals surface area contributed by atoms with Crippen molar-refractivity contribution in [2.24, 2.45) is 5.92 Å². The highest BCUT2D eigenvalue weighted by Gasteiger charge is 2.24. The standard InChI is InChI=1S/C10H16ClN5O/c1-12-9-13-8(11)14-10(15-9)16-4-3-7(5-16)6-17-2/h7H,3-6H2,1-2H3,(H,12,13,14,15). The van der Waals surface area contributed by atoms with Crippen LogP contribution >= 0.6 is 11.6 Å². The van der Waals surface area contributed by atoms with Gasteiger partial charge in [-0.3, -0.25) is 0 Å². The molecule has 94 valence electrons. The van der Waals surface area contributed by atoms with Crippen LogP contribution in [0.4, 0.5) is 11.9 Å². The van der Waals surface area contributed by atoms with E-state index in [1.165, 1.54) is 0 Å². The van der Waals surface area contributed by atoms with E-state index in [9.17, 15) is 0 Å². The minimum absolute atomic E-state index is 0.217. The normalized spacial score (nSPS) is 19.7. The Morgan fingerprint density at radius 3 is 3.00 bits per heavy atom. The summed E-state index contributed by atoms with van der Waals surface area (Å²) in [6.45, 7) is 2.60. The molecule has 0 aliphatic carbocycles. The Morgan fingerprint density at radius 2 is 2.29 bits per heavy atom. The fraction of sp³-hybridized carbons (Fsp3) is 0.700. The monoisotopic (exact) mass is 257 g/mol. The highest BCUT2D eigenvalue weighted by atomic mass is 35.5. The lowest BCUT2D eigenvalue weighted by atomic mass is 10.1. The number of nitrogens with one attached hydrogen (secondary N) is 1. The number of anilines is 2. The molecule has 6 nitrogen and oxygen atoms in total. The van der Waals surface area contributed by atoms with Crippen LogP contribution in [0.3, 0.4) is 0 Å². The van der Waals surface area contributed by atoms with Crippen LogP contribution in [-0.2, 0) is 4.74 Å². The molecule has 1 atom stereocenters. The van der Waals surface area contributed by atoms with Crippen LogP contribution in [0.15, 0.2) is 0 Å². The lowest BCUT2D eigenvalue weighted by Crippen LogP contribution is -2.23. The first-order valence-corrected chi connectivity index (χ1v) is 5.94. The zero-order valence-corrected chi connectivity index (χ0v) is 10.7. The molecule has 0 bridgehead atoms. The van der Waals surface area contributed by atoms with Crippen LogP contribution in [0.25, 0.3) is 0 Å². The predicted molar refractivity (Wildman–Crippen MR) is 66.6 cm³/mol. The molecule has 1 saturated heterocycles. The SMILES string of the molecule is CNc1nc(Cl)nc(N2CCC(COC)C2)n1. The lowest BCUT2D eigenvalue weighted by molar-refractivity contribution is 0.161. The van der Waals surface area contributed by atoms with E-state index in [0.717, 1.165) is 26.1 Å². The molecule has 1 fully saturated rings. The van der Waals surface area contributed by atoms with Gasteiger partial charge in [0.15, 0.2) is 0 Å². The Morgan fingerprint density at radius 1 is 1.47 bits per heavy atom. The Labute approximate surface area is 105 Å². The first kappa shape index (κ1) is 12.3. The number of hydrogen-bond donors (Lipinski definition) is 1. The number of methoxy groups -OCH3 is 1. The summed E-state index contributed by atoms with van der Waals surface area (Å²) in [4.78, 5) is 14.5. The van der Waals surface area contributed by atoms with Gasteiger partial charge in [-0.25, -0.2) is 0 Å². The summed E-state index contributed by atoms with van der Waals surface area (Å²) in [6, 6.07) is 0. The van der Waals surface area contributed by atoms with Gasteiger partial charge in [0.2, 0.25) is 17.2 Å². The van der Waals surface area contributed by atoms with Crippen LogP contribution in [0.1, 0.15) is 6.42 Å². The minimum Gasteiger partial charge on any atom is -0.384 e. The van der Waals surface area contributed by atoms with Crippen LogP contribution in [0.5, 0.6) is 0 Å². The number of ether oxygens (including phenoxy) is 1. The van der Waals surface area contributed by atoms with E-state index < -0.39 is 0 Å². The fourth-order valence-corrected chi connectivity index (χ4v) is 2.13. The van der Waals surface area contributed by atoms with Gasteiger partial charge in [-0.1, -0.05) is 0 Å². The fourth-order valence-electron chi connectivity index (χ4n) is 1.98. The van der Waals surface area contributed by atoms with Crippen LogP contribution in [0.2, 0.25) is 5.28 Å². The molecule has 1 aliphatic rings. The molecule has 1 aliphatic heterocycles. The summed E-state index contributed by atoms with van der Waals surface area (Å²) in [6.07, 6.45) is 1.09. The second kappa shape index (κ2) is 5.46. The van der Waals surface area contributed by atoms with Gasteiger partial charge in [-0.15, -0.1) is 0 Å². The van der Waals surface area contributed by atoms with Crippen LogP contribution < -0.4 is 10.2 Å². The molecule has 1 unspecified atom stereocenters. The van der Waals surface area contributed by atoms with E-state index in [4.69, 9.17) is 16.3 Å². The molecule has 2 heterocycles. The Hall–Kier alpha value is -1.14. The summed E-state index contributed by atoms with van der Waals surface area (Å²) in [5.41, 5.74) is 0. The van der Waals surface area contributed by atoms with Crippen molar-refractivity contribution in [3.63, 3.8) is 0 Å². The van der Waals surface area contributed by atoms with Crippen molar-refractivity contribution in [2.75, 3.05) is 44.1 Å². The second-order valence-corrected chi connectivity index (χ2v) is 4.37. The van der Waals surface area contributed by atoms with E-state index >= 15 is 0 Å². The zero-order valence-electron chi connectivity index (χ0n) is 9.98. The highest BCUT2D eigenvalue weighted by molar-refractivity contribution is 6.28. The zero-order chi connectivity index (χ0) is 12.3. The summed E-state index contributed by atoms with van der Waals surface area (Å²) in [5, 5.41) is 3.09. The van der Waals surface area contributed by atoms with Crippen molar-refractivity contribution >= 4 is 23.5 Å². The van der Waals surface area contributed by atoms with Crippen LogP contribution in [0, 0.1) is 5.92 Å². The first-order valence-electron chi connectivity index (χ1n) is 5.56. The Bertz CT molecular complexity index is 389. The van der Waals surface area contributed by atoms with Gasteiger partial charge in [-0.05, 0) is 18.0 Å². The molecule has 2 rings (SSSR count). The summed E-state index contributed by atoms with van der Waals surface area (Å²) in [7, 11) is 3.48. The average Bonchev–Trinajstić information content (AvgIpc) is 2.77. The quantitative estimate of drug-likeness (QED) is 0.870. The predicted octanol–water partition coefficient (Wildman–Crippen LogP) is 1.04. The molecular weight excluding hydrogens is 242 g/mol. The molecule has 0 radical (unpaired) electrons. The molecule has 1 N–H and O–H groups in total. The molecule has 17 heavy (non-hydrogen) atoms. The minimum atomic E-state index is 0.217. The van der Waals surface area contributed by atoms with E-state index in [-0.39, 0.29) is 5.28 Å². The van der Waals surface area contributed by atoms with Crippen molar-refractivity contribution in [2.45, 2.75) is 6.42 Å². The number of nitrogens with zero attached hydrogens (tertiary/aromatic N) is 4. The third kappa shape index (κ3) is 2.95. The molecule has 1 aromatic rings. The Balaban J connectivity index is 2.10. The van der Waals surface area contributed by atoms with E-state index in [0.29, 0.717) is 17.8 Å². The van der Waals surface area contributed by atoms with Crippen molar-refractivity contribution in [3.8, 4) is 0 Å². The molecule has 1 aromatic heterocycles. The molecule has 0 spiro atoms. The number of rotatable bonds is 4. The summed E-state index contributed by atoms with van der Waals surface area (Å²) in [5.74, 6) is 1.66. The second-order valence-electron chi connectivity index (χ2n) is 4.03. The van der Waals surface area contributed by atoms with E-state index in [1.807, 2.05) is 0 Å². The van der Waals surface area contributed by atoms with Crippen molar-refractivity contribution in [1.29, 1.82) is 0 Å². The van der Waals surface area contributed by atoms with Crippen LogP contribution in [-0.4, -0.2) is 48.8 Å². The third-order valence-corrected chi connectivity index (χ3v) is 2.96. The van der Waals surface area contributed by atoms with Gasteiger partial charge in [-0.2, -0.15) is 15.0 Å². The van der Waals surface area contributed by atoms with Gasteiger partial charge in [0, 0.05) is 33.2 Å². The third-order valence-electron chi connectivity index (χ3n) is 2.79. The summed E-state index contributed by atoms with van der Waals surface area (Å²) < 4.78 is 5.16. The largest absolute Gasteiger partial charge is 0.384 e. The maximum atomic E-state index is 5.85. The summed E-state index contributed by atoms with van der Waals surface area (Å²) >= 11 is 5.85. The molecular formula is C10H16ClN5O. The molecule has 0 saturated carbocycles. The first-order chi connectivity index (χ1) is 8.22. The smallest absolute Gasteiger partial charge is 0.231 e. The van der Waals surface area contributed by atoms with Gasteiger partial charge in [0.1, 0.15) is 0 Å². The molecule has 0 aromatic carbocycles. The van der Waals surface area contributed by atoms with E-state index in [1.54, 1.807) is 14.2 Å². The van der Waals surface area contributed by atoms with Crippen molar-refractivity contribution < 1.29 is 4.74 Å².